The van der Waals surface area contributed by atoms with Gasteiger partial charge in [-0.3, -0.25) is 9.59 Å². The van der Waals surface area contributed by atoms with Crippen LogP contribution in [0, 0.1) is 5.82 Å². The largest absolute Gasteiger partial charge is 0.495 e. The number of hydrogen-bond acceptors (Lipinski definition) is 5. The molecule has 7 nitrogen and oxygen atoms in total. The summed E-state index contributed by atoms with van der Waals surface area (Å²) in [4.78, 5) is 28.8. The molecule has 0 aliphatic carbocycles. The lowest BCUT2D eigenvalue weighted by atomic mass is 10.1. The molecule has 0 bridgehead atoms. The molecule has 8 heteroatoms. The molecule has 1 heterocycles. The van der Waals surface area contributed by atoms with Crippen LogP contribution in [0.3, 0.4) is 0 Å². The Kier molecular flexibility index (Phi) is 6.17. The Morgan fingerprint density at radius 2 is 1.70 bits per heavy atom. The third kappa shape index (κ3) is 4.74. The summed E-state index contributed by atoms with van der Waals surface area (Å²) in [6.07, 6.45) is 1.42. The van der Waals surface area contributed by atoms with Crippen molar-refractivity contribution in [2.45, 2.75) is 6.92 Å². The fourth-order valence-corrected chi connectivity index (χ4v) is 3.33. The maximum atomic E-state index is 14.1. The maximum Gasteiger partial charge on any atom is 0.256 e. The first-order valence-electron chi connectivity index (χ1n) is 10.0. The molecule has 4 rings (SSSR count). The number of nitrogens with zero attached hydrogens (tertiary/aromatic N) is 1. The third-order valence-electron chi connectivity index (χ3n) is 4.82. The second-order valence-electron chi connectivity index (χ2n) is 7.11. The van der Waals surface area contributed by atoms with Crippen LogP contribution in [0.5, 0.6) is 5.75 Å². The molecule has 0 unspecified atom stereocenters. The molecule has 4 aromatic rings. The third-order valence-corrected chi connectivity index (χ3v) is 4.82. The second-order valence-corrected chi connectivity index (χ2v) is 7.11. The molecular formula is C25H20FN3O4. The van der Waals surface area contributed by atoms with Gasteiger partial charge in [-0.2, -0.15) is 0 Å². The lowest BCUT2D eigenvalue weighted by Crippen LogP contribution is -2.14. The van der Waals surface area contributed by atoms with Gasteiger partial charge in [0.1, 0.15) is 11.6 Å². The molecule has 166 valence electrons. The molecule has 0 atom stereocenters. The molecule has 0 saturated carbocycles. The van der Waals surface area contributed by atoms with Crippen LogP contribution in [0.25, 0.3) is 22.8 Å². The molecule has 3 aromatic carbocycles. The lowest BCUT2D eigenvalue weighted by Gasteiger charge is -2.13. The number of ether oxygens (including phenoxy) is 1. The molecule has 0 aliphatic rings. The van der Waals surface area contributed by atoms with Crippen LogP contribution in [0.2, 0.25) is 0 Å². The van der Waals surface area contributed by atoms with Gasteiger partial charge in [0.2, 0.25) is 11.8 Å². The minimum Gasteiger partial charge on any atom is -0.495 e. The first kappa shape index (κ1) is 21.8. The summed E-state index contributed by atoms with van der Waals surface area (Å²) in [5, 5.41) is 5.47. The van der Waals surface area contributed by atoms with Crippen LogP contribution >= 0.6 is 0 Å². The van der Waals surface area contributed by atoms with E-state index < -0.39 is 11.7 Å². The number of carbonyl (C=O) groups is 2. The standard InChI is InChI=1S/C25H20FN3O4/c1-15(30)28-16-11-12-22(32-2)21(13-16)29-24(31)17-7-3-4-8-18(17)25-27-14-23(33-25)19-9-5-6-10-20(19)26/h3-14H,1-2H3,(H,28,30)(H,29,31). The van der Waals surface area contributed by atoms with E-state index in [2.05, 4.69) is 15.6 Å². The van der Waals surface area contributed by atoms with E-state index in [-0.39, 0.29) is 23.1 Å². The van der Waals surface area contributed by atoms with E-state index in [0.717, 1.165) is 0 Å². The number of anilines is 2. The number of carbonyl (C=O) groups excluding carboxylic acids is 2. The topological polar surface area (TPSA) is 93.5 Å². The summed E-state index contributed by atoms with van der Waals surface area (Å²) in [7, 11) is 1.48. The van der Waals surface area contributed by atoms with E-state index >= 15 is 0 Å². The number of amides is 2. The smallest absolute Gasteiger partial charge is 0.256 e. The number of aromatic nitrogens is 1. The molecule has 2 amide bonds. The van der Waals surface area contributed by atoms with E-state index in [9.17, 15) is 14.0 Å². The van der Waals surface area contributed by atoms with Crippen molar-refractivity contribution < 1.29 is 23.1 Å². The fourth-order valence-electron chi connectivity index (χ4n) is 3.33. The summed E-state index contributed by atoms with van der Waals surface area (Å²) < 4.78 is 25.2. The number of hydrogen-bond donors (Lipinski definition) is 2. The minimum atomic E-state index is -0.436. The van der Waals surface area contributed by atoms with Crippen molar-refractivity contribution in [1.82, 2.24) is 4.98 Å². The van der Waals surface area contributed by atoms with E-state index in [1.165, 1.54) is 26.3 Å². The molecular weight excluding hydrogens is 425 g/mol. The van der Waals surface area contributed by atoms with Gasteiger partial charge >= 0.3 is 0 Å². The summed E-state index contributed by atoms with van der Waals surface area (Å²) in [6, 6.07) is 17.9. The Balaban J connectivity index is 1.66. The van der Waals surface area contributed by atoms with E-state index in [0.29, 0.717) is 28.3 Å². The predicted octanol–water partition coefficient (Wildman–Crippen LogP) is 5.37. The highest BCUT2D eigenvalue weighted by atomic mass is 19.1. The summed E-state index contributed by atoms with van der Waals surface area (Å²) in [6.45, 7) is 1.39. The van der Waals surface area contributed by atoms with E-state index in [1.54, 1.807) is 60.7 Å². The van der Waals surface area contributed by atoms with Crippen molar-refractivity contribution in [1.29, 1.82) is 0 Å². The quantitative estimate of drug-likeness (QED) is 0.416. The molecule has 1 aromatic heterocycles. The van der Waals surface area contributed by atoms with Crippen molar-refractivity contribution in [2.75, 3.05) is 17.7 Å². The number of benzene rings is 3. The van der Waals surface area contributed by atoms with Crippen LogP contribution in [0.15, 0.2) is 77.3 Å². The summed E-state index contributed by atoms with van der Waals surface area (Å²) in [5.74, 6) is -0.252. The van der Waals surface area contributed by atoms with Crippen molar-refractivity contribution >= 4 is 23.2 Å². The molecule has 0 aliphatic heterocycles. The SMILES string of the molecule is COc1ccc(NC(C)=O)cc1NC(=O)c1ccccc1-c1ncc(-c2ccccc2F)o1. The Hall–Kier alpha value is -4.46. The fraction of sp³-hybridized carbons (Fsp3) is 0.0800. The van der Waals surface area contributed by atoms with Crippen LogP contribution < -0.4 is 15.4 Å². The monoisotopic (exact) mass is 445 g/mol. The highest BCUT2D eigenvalue weighted by Crippen LogP contribution is 2.32. The van der Waals surface area contributed by atoms with Gasteiger partial charge < -0.3 is 19.8 Å². The molecule has 0 saturated heterocycles. The number of rotatable bonds is 6. The van der Waals surface area contributed by atoms with E-state index in [1.807, 2.05) is 0 Å². The van der Waals surface area contributed by atoms with Gasteiger partial charge in [-0.1, -0.05) is 24.3 Å². The van der Waals surface area contributed by atoms with Gasteiger partial charge in [-0.05, 0) is 42.5 Å². The zero-order chi connectivity index (χ0) is 23.4. The van der Waals surface area contributed by atoms with Gasteiger partial charge in [0, 0.05) is 18.2 Å². The van der Waals surface area contributed by atoms with Crippen molar-refractivity contribution in [3.8, 4) is 28.5 Å². The highest BCUT2D eigenvalue weighted by Gasteiger charge is 2.19. The van der Waals surface area contributed by atoms with Crippen LogP contribution in [-0.4, -0.2) is 23.9 Å². The van der Waals surface area contributed by atoms with Gasteiger partial charge in [-0.25, -0.2) is 9.37 Å². The van der Waals surface area contributed by atoms with Crippen LogP contribution in [-0.2, 0) is 4.79 Å². The Morgan fingerprint density at radius 1 is 0.970 bits per heavy atom. The minimum absolute atomic E-state index is 0.179. The molecule has 0 radical (unpaired) electrons. The number of halogens is 1. The van der Waals surface area contributed by atoms with Gasteiger partial charge in [0.25, 0.3) is 5.91 Å². The van der Waals surface area contributed by atoms with Gasteiger partial charge in [0.05, 0.1) is 30.1 Å². The second kappa shape index (κ2) is 9.35. The maximum absolute atomic E-state index is 14.1. The summed E-state index contributed by atoms with van der Waals surface area (Å²) >= 11 is 0. The zero-order valence-electron chi connectivity index (χ0n) is 17.9. The van der Waals surface area contributed by atoms with Crippen molar-refractivity contribution in [3.05, 3.63) is 84.3 Å². The normalized spacial score (nSPS) is 10.5. The molecule has 0 spiro atoms. The molecule has 2 N–H and O–H groups in total. The number of methoxy groups -OCH3 is 1. The van der Waals surface area contributed by atoms with Crippen molar-refractivity contribution in [3.63, 3.8) is 0 Å². The average molecular weight is 445 g/mol. The highest BCUT2D eigenvalue weighted by molar-refractivity contribution is 6.09. The van der Waals surface area contributed by atoms with Crippen molar-refractivity contribution in [2.24, 2.45) is 0 Å². The molecule has 33 heavy (non-hydrogen) atoms. The molecule has 0 fully saturated rings. The first-order valence-corrected chi connectivity index (χ1v) is 10.0. The van der Waals surface area contributed by atoms with Crippen LogP contribution in [0.1, 0.15) is 17.3 Å². The van der Waals surface area contributed by atoms with E-state index in [4.69, 9.17) is 9.15 Å². The number of oxazole rings is 1. The van der Waals surface area contributed by atoms with Gasteiger partial charge in [0.15, 0.2) is 5.76 Å². The van der Waals surface area contributed by atoms with Crippen LogP contribution in [0.4, 0.5) is 15.8 Å². The Bertz CT molecular complexity index is 1330. The predicted molar refractivity (Wildman–Crippen MR) is 123 cm³/mol. The number of nitrogens with one attached hydrogen (secondary N) is 2. The average Bonchev–Trinajstić information content (AvgIpc) is 3.29. The van der Waals surface area contributed by atoms with Gasteiger partial charge in [-0.15, -0.1) is 0 Å². The Labute approximate surface area is 189 Å². The lowest BCUT2D eigenvalue weighted by molar-refractivity contribution is -0.114. The summed E-state index contributed by atoms with van der Waals surface area (Å²) in [5.41, 5.74) is 1.90. The Morgan fingerprint density at radius 3 is 2.42 bits per heavy atom. The zero-order valence-corrected chi connectivity index (χ0v) is 17.9. The first-order chi connectivity index (χ1) is 16.0.